The summed E-state index contributed by atoms with van der Waals surface area (Å²) in [5.41, 5.74) is 2.53. The first-order chi connectivity index (χ1) is 15.9. The molecule has 3 aromatic carbocycles. The van der Waals surface area contributed by atoms with Crippen molar-refractivity contribution < 1.29 is 19.0 Å². The molecule has 8 heteroatoms. The van der Waals surface area contributed by atoms with Crippen LogP contribution in [0.1, 0.15) is 23.6 Å². The molecule has 3 aromatic rings. The van der Waals surface area contributed by atoms with Crippen LogP contribution in [0.5, 0.6) is 11.5 Å². The molecule has 0 amide bonds. The van der Waals surface area contributed by atoms with Crippen molar-refractivity contribution in [3.05, 3.63) is 96.1 Å². The number of carbonyl (C=O) groups excluding carboxylic acids is 1. The number of rotatable bonds is 7. The molecule has 0 bridgehead atoms. The fourth-order valence-electron chi connectivity index (χ4n) is 3.17. The molecule has 1 aliphatic rings. The lowest BCUT2D eigenvalue weighted by atomic mass is 10.1. The average molecular weight is 639 g/mol. The summed E-state index contributed by atoms with van der Waals surface area (Å²) >= 11 is 11.9. The zero-order valence-electron chi connectivity index (χ0n) is 17.5. The maximum Gasteiger partial charge on any atom is 0.363 e. The molecule has 33 heavy (non-hydrogen) atoms. The molecule has 1 heterocycles. The monoisotopic (exact) mass is 637 g/mol. The van der Waals surface area contributed by atoms with Crippen molar-refractivity contribution in [2.45, 2.75) is 13.5 Å². The molecule has 0 radical (unpaired) electrons. The van der Waals surface area contributed by atoms with E-state index in [1.165, 1.54) is 0 Å². The van der Waals surface area contributed by atoms with Gasteiger partial charge < -0.3 is 14.2 Å². The van der Waals surface area contributed by atoms with Crippen LogP contribution in [0.15, 0.2) is 75.8 Å². The van der Waals surface area contributed by atoms with Crippen molar-refractivity contribution in [1.82, 2.24) is 0 Å². The number of ether oxygens (including phenoxy) is 3. The molecule has 0 N–H and O–H groups in total. The molecule has 0 atom stereocenters. The first-order valence-electron chi connectivity index (χ1n) is 10.1. The minimum Gasteiger partial charge on any atom is -0.490 e. The first-order valence-corrected chi connectivity index (χ1v) is 12.3. The Morgan fingerprint density at radius 1 is 1.12 bits per heavy atom. The maximum absolute atomic E-state index is 12.4. The molecule has 0 aliphatic carbocycles. The summed E-state index contributed by atoms with van der Waals surface area (Å²) in [6.45, 7) is 2.78. The number of cyclic esters (lactones) is 1. The Hall–Kier alpha value is -2.36. The van der Waals surface area contributed by atoms with Crippen LogP contribution in [0.3, 0.4) is 0 Å². The number of halogens is 3. The predicted octanol–water partition coefficient (Wildman–Crippen LogP) is 7.03. The van der Waals surface area contributed by atoms with Gasteiger partial charge in [-0.2, -0.15) is 0 Å². The van der Waals surface area contributed by atoms with E-state index < -0.39 is 5.97 Å². The number of carbonyl (C=O) groups is 1. The molecule has 1 aliphatic heterocycles. The number of hydrogen-bond donors (Lipinski definition) is 0. The third-order valence-electron chi connectivity index (χ3n) is 4.63. The Balaban J connectivity index is 1.62. The van der Waals surface area contributed by atoms with Crippen molar-refractivity contribution in [2.75, 3.05) is 6.61 Å². The van der Waals surface area contributed by atoms with E-state index in [0.717, 1.165) is 19.2 Å². The number of benzene rings is 3. The van der Waals surface area contributed by atoms with Gasteiger partial charge in [-0.05, 0) is 83.1 Å². The van der Waals surface area contributed by atoms with Crippen LogP contribution in [0.25, 0.3) is 6.08 Å². The fraction of sp³-hybridized carbons (Fsp3) is 0.120. The van der Waals surface area contributed by atoms with Crippen LogP contribution in [0.4, 0.5) is 0 Å². The molecular formula is C25H18BrClINO4. The van der Waals surface area contributed by atoms with Crippen molar-refractivity contribution in [2.24, 2.45) is 4.99 Å². The first kappa shape index (κ1) is 23.8. The third-order valence-corrected chi connectivity index (χ3v) is 6.26. The highest BCUT2D eigenvalue weighted by molar-refractivity contribution is 14.1. The van der Waals surface area contributed by atoms with Gasteiger partial charge in [-0.25, -0.2) is 9.79 Å². The van der Waals surface area contributed by atoms with Gasteiger partial charge in [0.05, 0.1) is 20.8 Å². The number of nitrogens with zero attached hydrogens (tertiary/aromatic N) is 1. The normalized spacial score (nSPS) is 14.2. The van der Waals surface area contributed by atoms with E-state index in [-0.39, 0.29) is 11.6 Å². The Kier molecular flexibility index (Phi) is 7.72. The summed E-state index contributed by atoms with van der Waals surface area (Å²) in [6.07, 6.45) is 1.66. The Morgan fingerprint density at radius 2 is 1.94 bits per heavy atom. The lowest BCUT2D eigenvalue weighted by Gasteiger charge is -2.15. The molecule has 0 unspecified atom stereocenters. The summed E-state index contributed by atoms with van der Waals surface area (Å²) in [7, 11) is 0. The molecule has 168 valence electrons. The van der Waals surface area contributed by atoms with Gasteiger partial charge in [-0.15, -0.1) is 0 Å². The lowest BCUT2D eigenvalue weighted by Crippen LogP contribution is -2.05. The van der Waals surface area contributed by atoms with Gasteiger partial charge in [0.15, 0.2) is 17.2 Å². The molecule has 0 saturated carbocycles. The van der Waals surface area contributed by atoms with Crippen molar-refractivity contribution >= 4 is 68.1 Å². The zero-order valence-corrected chi connectivity index (χ0v) is 22.0. The molecule has 4 rings (SSSR count). The zero-order chi connectivity index (χ0) is 23.4. The van der Waals surface area contributed by atoms with Crippen molar-refractivity contribution in [1.29, 1.82) is 0 Å². The Morgan fingerprint density at radius 3 is 2.70 bits per heavy atom. The highest BCUT2D eigenvalue weighted by Gasteiger charge is 2.25. The second-order valence-corrected chi connectivity index (χ2v) is 9.48. The quantitative estimate of drug-likeness (QED) is 0.159. The van der Waals surface area contributed by atoms with E-state index in [0.29, 0.717) is 35.3 Å². The summed E-state index contributed by atoms with van der Waals surface area (Å²) in [5, 5.41) is 0.463. The molecule has 5 nitrogen and oxygen atoms in total. The standard InChI is InChI=1S/C25H18BrClINO4/c1-2-31-22-13-16(11-20(28)23(22)32-14-15-6-5-7-17(26)10-15)12-21-25(30)33-24(29-21)18-8-3-4-9-19(18)27/h3-13H,2,14H2,1H3/b21-12-. The topological polar surface area (TPSA) is 57.1 Å². The van der Waals surface area contributed by atoms with Gasteiger partial charge in [-0.3, -0.25) is 0 Å². The van der Waals surface area contributed by atoms with E-state index in [9.17, 15) is 4.79 Å². The number of esters is 1. The highest BCUT2D eigenvalue weighted by Crippen LogP contribution is 2.36. The van der Waals surface area contributed by atoms with Gasteiger partial charge in [0.2, 0.25) is 5.90 Å². The second kappa shape index (κ2) is 10.7. The van der Waals surface area contributed by atoms with Crippen LogP contribution in [0.2, 0.25) is 5.02 Å². The average Bonchev–Trinajstić information content (AvgIpc) is 3.13. The smallest absolute Gasteiger partial charge is 0.363 e. The van der Waals surface area contributed by atoms with E-state index in [2.05, 4.69) is 43.5 Å². The minimum absolute atomic E-state index is 0.186. The largest absolute Gasteiger partial charge is 0.490 e. The second-order valence-electron chi connectivity index (χ2n) is 7.00. The van der Waals surface area contributed by atoms with Gasteiger partial charge in [-0.1, -0.05) is 51.8 Å². The Labute approximate surface area is 218 Å². The lowest BCUT2D eigenvalue weighted by molar-refractivity contribution is -0.129. The molecule has 0 fully saturated rings. The Bertz CT molecular complexity index is 1280. The van der Waals surface area contributed by atoms with Gasteiger partial charge in [0, 0.05) is 4.47 Å². The summed E-state index contributed by atoms with van der Waals surface area (Å²) in [4.78, 5) is 16.8. The van der Waals surface area contributed by atoms with E-state index >= 15 is 0 Å². The van der Waals surface area contributed by atoms with Crippen molar-refractivity contribution in [3.63, 3.8) is 0 Å². The summed E-state index contributed by atoms with van der Waals surface area (Å²) < 4.78 is 19.1. The van der Waals surface area contributed by atoms with Crippen LogP contribution < -0.4 is 9.47 Å². The van der Waals surface area contributed by atoms with Crippen LogP contribution in [-0.4, -0.2) is 18.5 Å². The molecular weight excluding hydrogens is 621 g/mol. The van der Waals surface area contributed by atoms with E-state index in [1.807, 2.05) is 49.4 Å². The van der Waals surface area contributed by atoms with Gasteiger partial charge in [0.1, 0.15) is 6.61 Å². The van der Waals surface area contributed by atoms with Crippen molar-refractivity contribution in [3.8, 4) is 11.5 Å². The number of aliphatic imine (C=N–C) groups is 1. The van der Waals surface area contributed by atoms with Crippen LogP contribution >= 0.6 is 50.1 Å². The van der Waals surface area contributed by atoms with Gasteiger partial charge in [0.25, 0.3) is 0 Å². The molecule has 0 saturated heterocycles. The van der Waals surface area contributed by atoms with E-state index in [1.54, 1.807) is 24.3 Å². The summed E-state index contributed by atoms with van der Waals surface area (Å²) in [5.74, 6) is 0.889. The predicted molar refractivity (Wildman–Crippen MR) is 141 cm³/mol. The van der Waals surface area contributed by atoms with Crippen LogP contribution in [0, 0.1) is 3.57 Å². The molecule has 0 aromatic heterocycles. The number of hydrogen-bond acceptors (Lipinski definition) is 5. The summed E-state index contributed by atoms with van der Waals surface area (Å²) in [6, 6.07) is 18.8. The van der Waals surface area contributed by atoms with E-state index in [4.69, 9.17) is 25.8 Å². The highest BCUT2D eigenvalue weighted by atomic mass is 127. The fourth-order valence-corrected chi connectivity index (χ4v) is 4.62. The maximum atomic E-state index is 12.4. The minimum atomic E-state index is -0.534. The van der Waals surface area contributed by atoms with Gasteiger partial charge >= 0.3 is 5.97 Å². The van der Waals surface area contributed by atoms with Crippen LogP contribution in [-0.2, 0) is 16.1 Å². The molecule has 0 spiro atoms. The third kappa shape index (κ3) is 5.77. The SMILES string of the molecule is CCOc1cc(/C=C2\N=C(c3ccccc3Cl)OC2=O)cc(I)c1OCc1cccc(Br)c1.